The second kappa shape index (κ2) is 5.55. The van der Waals surface area contributed by atoms with Crippen molar-refractivity contribution >= 4 is 23.2 Å². The fraction of sp³-hybridized carbons (Fsp3) is 0.231. The van der Waals surface area contributed by atoms with Crippen LogP contribution >= 0.6 is 23.2 Å². The predicted octanol–water partition coefficient (Wildman–Crippen LogP) is 4.11. The third kappa shape index (κ3) is 2.74. The molecule has 1 aromatic heterocycles. The number of halogens is 2. The molecule has 2 aromatic rings. The molecule has 0 radical (unpaired) electrons. The Kier molecular flexibility index (Phi) is 4.04. The number of hydrogen-bond donors (Lipinski definition) is 1. The summed E-state index contributed by atoms with van der Waals surface area (Å²) in [4.78, 5) is 8.48. The number of rotatable bonds is 3. The highest BCUT2D eigenvalue weighted by Gasteiger charge is 2.12. The van der Waals surface area contributed by atoms with E-state index in [1.54, 1.807) is 24.3 Å². The van der Waals surface area contributed by atoms with Crippen LogP contribution in [0.1, 0.15) is 18.9 Å². The number of hydrogen-bond acceptors (Lipinski definition) is 3. The molecule has 0 saturated heterocycles. The molecular weight excluding hydrogens is 271 g/mol. The molecule has 0 unspecified atom stereocenters. The summed E-state index contributed by atoms with van der Waals surface area (Å²) in [5.74, 6) is 0.656. The normalized spacial score (nSPS) is 10.6. The summed E-state index contributed by atoms with van der Waals surface area (Å²) in [6.07, 6.45) is 1.69. The van der Waals surface area contributed by atoms with Gasteiger partial charge in [0.2, 0.25) is 0 Å². The smallest absolute Gasteiger partial charge is 0.162 e. The monoisotopic (exact) mass is 282 g/mol. The van der Waals surface area contributed by atoms with Gasteiger partial charge in [-0.25, -0.2) is 9.97 Å². The van der Waals surface area contributed by atoms with E-state index in [9.17, 15) is 5.11 Å². The SMILES string of the molecule is CCCc1c(Cl)nc(-c2ccc(O)cc2)nc1Cl. The summed E-state index contributed by atoms with van der Waals surface area (Å²) in [6.45, 7) is 2.04. The first-order valence-electron chi connectivity index (χ1n) is 5.63. The molecule has 0 spiro atoms. The van der Waals surface area contributed by atoms with Crippen LogP contribution in [0.4, 0.5) is 0 Å². The summed E-state index contributed by atoms with van der Waals surface area (Å²) in [6, 6.07) is 6.58. The third-order valence-electron chi connectivity index (χ3n) is 2.53. The maximum Gasteiger partial charge on any atom is 0.162 e. The average molecular weight is 283 g/mol. The van der Waals surface area contributed by atoms with Gasteiger partial charge in [0, 0.05) is 11.1 Å². The highest BCUT2D eigenvalue weighted by atomic mass is 35.5. The minimum atomic E-state index is 0.193. The molecule has 0 saturated carbocycles. The number of benzene rings is 1. The van der Waals surface area contributed by atoms with E-state index < -0.39 is 0 Å². The molecular formula is C13H12Cl2N2O. The van der Waals surface area contributed by atoms with Crippen LogP contribution in [0.2, 0.25) is 10.3 Å². The van der Waals surface area contributed by atoms with Crippen LogP contribution in [-0.4, -0.2) is 15.1 Å². The van der Waals surface area contributed by atoms with Crippen LogP contribution in [0.15, 0.2) is 24.3 Å². The van der Waals surface area contributed by atoms with Crippen LogP contribution < -0.4 is 0 Å². The molecule has 0 bridgehead atoms. The van der Waals surface area contributed by atoms with Gasteiger partial charge in [-0.2, -0.15) is 0 Å². The lowest BCUT2D eigenvalue weighted by Gasteiger charge is -2.07. The summed E-state index contributed by atoms with van der Waals surface area (Å²) >= 11 is 12.2. The number of aromatic hydroxyl groups is 1. The van der Waals surface area contributed by atoms with Crippen molar-refractivity contribution in [1.29, 1.82) is 0 Å². The van der Waals surface area contributed by atoms with E-state index in [0.717, 1.165) is 24.0 Å². The van der Waals surface area contributed by atoms with Gasteiger partial charge in [-0.1, -0.05) is 36.5 Å². The van der Waals surface area contributed by atoms with Gasteiger partial charge in [-0.05, 0) is 30.7 Å². The van der Waals surface area contributed by atoms with E-state index in [4.69, 9.17) is 23.2 Å². The summed E-state index contributed by atoms with van der Waals surface area (Å²) in [5, 5.41) is 10.0. The third-order valence-corrected chi connectivity index (χ3v) is 3.16. The molecule has 0 amide bonds. The van der Waals surface area contributed by atoms with Crippen LogP contribution in [0, 0.1) is 0 Å². The Morgan fingerprint density at radius 2 is 1.61 bits per heavy atom. The topological polar surface area (TPSA) is 46.0 Å². The minimum Gasteiger partial charge on any atom is -0.508 e. The molecule has 0 fully saturated rings. The molecule has 0 aliphatic rings. The molecule has 1 N–H and O–H groups in total. The summed E-state index contributed by atoms with van der Waals surface area (Å²) in [7, 11) is 0. The van der Waals surface area contributed by atoms with E-state index in [1.807, 2.05) is 6.92 Å². The van der Waals surface area contributed by atoms with E-state index in [2.05, 4.69) is 9.97 Å². The molecule has 94 valence electrons. The zero-order valence-electron chi connectivity index (χ0n) is 9.82. The molecule has 3 nitrogen and oxygen atoms in total. The van der Waals surface area contributed by atoms with Gasteiger partial charge in [0.25, 0.3) is 0 Å². The molecule has 2 rings (SSSR count). The summed E-state index contributed by atoms with van der Waals surface area (Å²) in [5.41, 5.74) is 1.54. The first kappa shape index (κ1) is 13.1. The Hall–Kier alpha value is -1.32. The average Bonchev–Trinajstić information content (AvgIpc) is 2.34. The van der Waals surface area contributed by atoms with Crippen LogP contribution in [0.5, 0.6) is 5.75 Å². The Balaban J connectivity index is 2.44. The zero-order chi connectivity index (χ0) is 13.1. The second-order valence-corrected chi connectivity index (χ2v) is 4.62. The fourth-order valence-electron chi connectivity index (χ4n) is 1.63. The first-order chi connectivity index (χ1) is 8.61. The molecule has 0 aliphatic carbocycles. The van der Waals surface area contributed by atoms with Crippen molar-refractivity contribution in [1.82, 2.24) is 9.97 Å². The number of nitrogens with zero attached hydrogens (tertiary/aromatic N) is 2. The molecule has 1 heterocycles. The summed E-state index contributed by atoms with van der Waals surface area (Å²) < 4.78 is 0. The lowest BCUT2D eigenvalue weighted by molar-refractivity contribution is 0.475. The van der Waals surface area contributed by atoms with E-state index in [-0.39, 0.29) is 5.75 Å². The van der Waals surface area contributed by atoms with Crippen LogP contribution in [0.3, 0.4) is 0 Å². The lowest BCUT2D eigenvalue weighted by Crippen LogP contribution is -1.97. The van der Waals surface area contributed by atoms with Crippen molar-refractivity contribution in [3.05, 3.63) is 40.1 Å². The van der Waals surface area contributed by atoms with Crippen molar-refractivity contribution in [2.24, 2.45) is 0 Å². The largest absolute Gasteiger partial charge is 0.508 e. The maximum atomic E-state index is 9.23. The van der Waals surface area contributed by atoms with Gasteiger partial charge in [-0.3, -0.25) is 0 Å². The molecule has 5 heteroatoms. The van der Waals surface area contributed by atoms with Crippen LogP contribution in [0.25, 0.3) is 11.4 Å². The molecule has 0 atom stereocenters. The van der Waals surface area contributed by atoms with Crippen molar-refractivity contribution in [3.8, 4) is 17.1 Å². The fourth-order valence-corrected chi connectivity index (χ4v) is 2.20. The second-order valence-electron chi connectivity index (χ2n) is 3.90. The Labute approximate surface area is 115 Å². The highest BCUT2D eigenvalue weighted by molar-refractivity contribution is 6.34. The van der Waals surface area contributed by atoms with Crippen molar-refractivity contribution < 1.29 is 5.11 Å². The molecule has 1 aromatic carbocycles. The van der Waals surface area contributed by atoms with Crippen molar-refractivity contribution in [2.45, 2.75) is 19.8 Å². The zero-order valence-corrected chi connectivity index (χ0v) is 11.3. The minimum absolute atomic E-state index is 0.193. The van der Waals surface area contributed by atoms with Crippen molar-refractivity contribution in [2.75, 3.05) is 0 Å². The van der Waals surface area contributed by atoms with Crippen LogP contribution in [-0.2, 0) is 6.42 Å². The molecule has 18 heavy (non-hydrogen) atoms. The number of aromatic nitrogens is 2. The van der Waals surface area contributed by atoms with Gasteiger partial charge in [-0.15, -0.1) is 0 Å². The number of phenolic OH excluding ortho intramolecular Hbond substituents is 1. The van der Waals surface area contributed by atoms with Gasteiger partial charge in [0.05, 0.1) is 0 Å². The van der Waals surface area contributed by atoms with Crippen molar-refractivity contribution in [3.63, 3.8) is 0 Å². The van der Waals surface area contributed by atoms with Gasteiger partial charge in [0.1, 0.15) is 16.1 Å². The predicted molar refractivity (Wildman–Crippen MR) is 73.1 cm³/mol. The Bertz CT molecular complexity index is 532. The lowest BCUT2D eigenvalue weighted by atomic mass is 10.2. The van der Waals surface area contributed by atoms with E-state index in [0.29, 0.717) is 16.1 Å². The van der Waals surface area contributed by atoms with Gasteiger partial charge in [0.15, 0.2) is 5.82 Å². The van der Waals surface area contributed by atoms with E-state index >= 15 is 0 Å². The maximum absolute atomic E-state index is 9.23. The van der Waals surface area contributed by atoms with E-state index in [1.165, 1.54) is 0 Å². The first-order valence-corrected chi connectivity index (χ1v) is 6.38. The highest BCUT2D eigenvalue weighted by Crippen LogP contribution is 2.27. The quantitative estimate of drug-likeness (QED) is 0.862. The Morgan fingerprint density at radius 3 is 2.11 bits per heavy atom. The number of phenols is 1. The Morgan fingerprint density at radius 1 is 1.06 bits per heavy atom. The van der Waals surface area contributed by atoms with Gasteiger partial charge >= 0.3 is 0 Å². The molecule has 0 aliphatic heterocycles. The standard InChI is InChI=1S/C13H12Cl2N2O/c1-2-3-10-11(14)16-13(17-12(10)15)8-4-6-9(18)7-5-8/h4-7,18H,2-3H2,1H3. The van der Waals surface area contributed by atoms with Gasteiger partial charge < -0.3 is 5.11 Å².